The van der Waals surface area contributed by atoms with Gasteiger partial charge >= 0.3 is 0 Å². The highest BCUT2D eigenvalue weighted by Crippen LogP contribution is 2.30. The summed E-state index contributed by atoms with van der Waals surface area (Å²) in [5, 5.41) is 3.33. The van der Waals surface area contributed by atoms with Crippen LogP contribution in [-0.2, 0) is 11.8 Å². The van der Waals surface area contributed by atoms with Crippen LogP contribution in [0.3, 0.4) is 0 Å². The fraction of sp³-hybridized carbons (Fsp3) is 0.143. The van der Waals surface area contributed by atoms with Crippen LogP contribution >= 0.6 is 0 Å². The number of anilines is 2. The minimum Gasteiger partial charge on any atom is -0.457 e. The fourth-order valence-electron chi connectivity index (χ4n) is 3.89. The van der Waals surface area contributed by atoms with Crippen molar-refractivity contribution in [1.82, 2.24) is 34.4 Å². The minimum atomic E-state index is -0.157. The SMILES string of the molecule is C=CC(=O)N(C)CC=Cc1ncc2ncnc(Nc3ccc(Oc4ccc5c(c4)ncn5C)c(C)c3)c2n1. The monoisotopic (exact) mass is 506 g/mol. The number of nitrogens with zero attached hydrogens (tertiary/aromatic N) is 7. The predicted molar refractivity (Wildman–Crippen MR) is 147 cm³/mol. The first-order chi connectivity index (χ1) is 18.4. The molecule has 0 saturated carbocycles. The Hall–Kier alpha value is -5.12. The quantitative estimate of drug-likeness (QED) is 0.299. The molecule has 10 heteroatoms. The summed E-state index contributed by atoms with van der Waals surface area (Å²) in [5.41, 5.74) is 4.90. The van der Waals surface area contributed by atoms with E-state index in [0.717, 1.165) is 33.8 Å². The van der Waals surface area contributed by atoms with E-state index in [2.05, 4.69) is 36.8 Å². The van der Waals surface area contributed by atoms with Crippen LogP contribution in [0.5, 0.6) is 11.5 Å². The summed E-state index contributed by atoms with van der Waals surface area (Å²) in [6, 6.07) is 11.7. The first-order valence-corrected chi connectivity index (χ1v) is 11.9. The number of hydrogen-bond acceptors (Lipinski definition) is 8. The molecule has 0 aliphatic rings. The largest absolute Gasteiger partial charge is 0.457 e. The fourth-order valence-corrected chi connectivity index (χ4v) is 3.89. The second-order valence-corrected chi connectivity index (χ2v) is 8.72. The van der Waals surface area contributed by atoms with E-state index in [-0.39, 0.29) is 5.91 Å². The molecule has 0 aliphatic carbocycles. The van der Waals surface area contributed by atoms with E-state index in [1.165, 1.54) is 17.3 Å². The van der Waals surface area contributed by atoms with Crippen LogP contribution in [0.2, 0.25) is 0 Å². The molecule has 0 radical (unpaired) electrons. The normalized spacial score (nSPS) is 11.2. The molecule has 2 aromatic carbocycles. The standard InChI is InChI=1S/C28H26N8O2/c1-5-26(37)35(3)12-6-7-25-29-15-22-27(34-25)28(31-16-30-22)33-19-8-11-24(18(2)13-19)38-20-9-10-23-21(14-20)32-17-36(23)4/h5-11,13-17H,1,12H2,2-4H3,(H,30,31,33). The number of aromatic nitrogens is 6. The van der Waals surface area contributed by atoms with Crippen molar-refractivity contribution in [3.05, 3.63) is 85.4 Å². The average Bonchev–Trinajstić information content (AvgIpc) is 3.29. The number of amides is 1. The van der Waals surface area contributed by atoms with Crippen molar-refractivity contribution in [2.75, 3.05) is 18.9 Å². The Bertz CT molecular complexity index is 1690. The molecule has 0 spiro atoms. The molecule has 3 aromatic heterocycles. The average molecular weight is 507 g/mol. The highest BCUT2D eigenvalue weighted by Gasteiger charge is 2.10. The van der Waals surface area contributed by atoms with Gasteiger partial charge in [-0.3, -0.25) is 4.79 Å². The minimum absolute atomic E-state index is 0.157. The summed E-state index contributed by atoms with van der Waals surface area (Å²) < 4.78 is 8.10. The van der Waals surface area contributed by atoms with Crippen LogP contribution in [-0.4, -0.2) is 53.9 Å². The maximum absolute atomic E-state index is 11.6. The number of carbonyl (C=O) groups excluding carboxylic acids is 1. The van der Waals surface area contributed by atoms with Gasteiger partial charge in [0.25, 0.3) is 0 Å². The molecule has 1 N–H and O–H groups in total. The van der Waals surface area contributed by atoms with Gasteiger partial charge in [0.05, 0.1) is 23.6 Å². The van der Waals surface area contributed by atoms with Gasteiger partial charge in [-0.2, -0.15) is 0 Å². The highest BCUT2D eigenvalue weighted by molar-refractivity contribution is 5.87. The molecular weight excluding hydrogens is 480 g/mol. The van der Waals surface area contributed by atoms with Crippen LogP contribution in [0.15, 0.2) is 74.0 Å². The number of nitrogens with one attached hydrogen (secondary N) is 1. The number of imidazole rings is 1. The van der Waals surface area contributed by atoms with Crippen LogP contribution in [0.25, 0.3) is 28.1 Å². The van der Waals surface area contributed by atoms with E-state index in [0.29, 0.717) is 29.2 Å². The molecule has 0 saturated heterocycles. The van der Waals surface area contributed by atoms with E-state index in [1.807, 2.05) is 61.0 Å². The van der Waals surface area contributed by atoms with Crippen LogP contribution in [0.4, 0.5) is 11.5 Å². The number of hydrogen-bond donors (Lipinski definition) is 1. The molecule has 0 atom stereocenters. The van der Waals surface area contributed by atoms with E-state index in [4.69, 9.17) is 4.74 Å². The van der Waals surface area contributed by atoms with Crippen molar-refractivity contribution < 1.29 is 9.53 Å². The Morgan fingerprint density at radius 1 is 1.13 bits per heavy atom. The summed E-state index contributed by atoms with van der Waals surface area (Å²) in [6.07, 6.45) is 9.74. The number of aryl methyl sites for hydroxylation is 2. The third kappa shape index (κ3) is 5.19. The summed E-state index contributed by atoms with van der Waals surface area (Å²) in [7, 11) is 3.66. The lowest BCUT2D eigenvalue weighted by Gasteiger charge is -2.12. The van der Waals surface area contributed by atoms with E-state index >= 15 is 0 Å². The zero-order valence-electron chi connectivity index (χ0n) is 21.3. The van der Waals surface area contributed by atoms with Gasteiger partial charge in [0.1, 0.15) is 28.9 Å². The lowest BCUT2D eigenvalue weighted by atomic mass is 10.2. The topological polar surface area (TPSA) is 111 Å². The number of ether oxygens (including phenoxy) is 1. The third-order valence-corrected chi connectivity index (χ3v) is 5.96. The first-order valence-electron chi connectivity index (χ1n) is 11.9. The Labute approximate surface area is 219 Å². The first kappa shape index (κ1) is 24.6. The maximum Gasteiger partial charge on any atom is 0.245 e. The zero-order chi connectivity index (χ0) is 26.6. The van der Waals surface area contributed by atoms with E-state index < -0.39 is 0 Å². The second kappa shape index (κ2) is 10.5. The maximum atomic E-state index is 11.6. The van der Waals surface area contributed by atoms with E-state index in [9.17, 15) is 4.79 Å². The molecule has 0 aliphatic heterocycles. The van der Waals surface area contributed by atoms with Crippen molar-refractivity contribution in [2.24, 2.45) is 7.05 Å². The van der Waals surface area contributed by atoms with Crippen molar-refractivity contribution in [1.29, 1.82) is 0 Å². The summed E-state index contributed by atoms with van der Waals surface area (Å²) in [5.74, 6) is 2.35. The van der Waals surface area contributed by atoms with Crippen LogP contribution < -0.4 is 10.1 Å². The number of carbonyl (C=O) groups is 1. The lowest BCUT2D eigenvalue weighted by Crippen LogP contribution is -2.24. The molecule has 10 nitrogen and oxygen atoms in total. The molecule has 190 valence electrons. The van der Waals surface area contributed by atoms with Crippen molar-refractivity contribution in [3.63, 3.8) is 0 Å². The molecule has 0 fully saturated rings. The van der Waals surface area contributed by atoms with Gasteiger partial charge in [0.15, 0.2) is 11.6 Å². The Morgan fingerprint density at radius 3 is 2.82 bits per heavy atom. The Balaban J connectivity index is 1.34. The Kier molecular flexibility index (Phi) is 6.77. The highest BCUT2D eigenvalue weighted by atomic mass is 16.5. The number of rotatable bonds is 8. The van der Waals surface area contributed by atoms with Crippen LogP contribution in [0.1, 0.15) is 11.4 Å². The third-order valence-electron chi connectivity index (χ3n) is 5.96. The lowest BCUT2D eigenvalue weighted by molar-refractivity contribution is -0.124. The van der Waals surface area contributed by atoms with Gasteiger partial charge in [-0.15, -0.1) is 0 Å². The molecule has 1 amide bonds. The smallest absolute Gasteiger partial charge is 0.245 e. The summed E-state index contributed by atoms with van der Waals surface area (Å²) >= 11 is 0. The van der Waals surface area contributed by atoms with Crippen molar-refractivity contribution >= 4 is 45.6 Å². The molecule has 0 bridgehead atoms. The molecular formula is C28H26N8O2. The predicted octanol–water partition coefficient (Wildman–Crippen LogP) is 4.81. The van der Waals surface area contributed by atoms with Crippen LogP contribution in [0, 0.1) is 6.92 Å². The molecule has 5 aromatic rings. The second-order valence-electron chi connectivity index (χ2n) is 8.72. The number of likely N-dealkylation sites (N-methyl/N-ethyl adjacent to an activating group) is 1. The van der Waals surface area contributed by atoms with Gasteiger partial charge in [-0.05, 0) is 55.0 Å². The van der Waals surface area contributed by atoms with Crippen molar-refractivity contribution in [3.8, 4) is 11.5 Å². The van der Waals surface area contributed by atoms with Gasteiger partial charge in [-0.1, -0.05) is 12.7 Å². The van der Waals surface area contributed by atoms with Gasteiger partial charge < -0.3 is 19.5 Å². The van der Waals surface area contributed by atoms with E-state index in [1.54, 1.807) is 25.6 Å². The number of benzene rings is 2. The molecule has 38 heavy (non-hydrogen) atoms. The van der Waals surface area contributed by atoms with Crippen molar-refractivity contribution in [2.45, 2.75) is 6.92 Å². The number of fused-ring (bicyclic) bond motifs is 2. The van der Waals surface area contributed by atoms with Gasteiger partial charge in [0.2, 0.25) is 5.91 Å². The molecule has 5 rings (SSSR count). The van der Waals surface area contributed by atoms with Gasteiger partial charge in [-0.25, -0.2) is 24.9 Å². The van der Waals surface area contributed by atoms with Gasteiger partial charge in [0, 0.05) is 32.4 Å². The molecule has 0 unspecified atom stereocenters. The zero-order valence-corrected chi connectivity index (χ0v) is 21.3. The Morgan fingerprint density at radius 2 is 2.00 bits per heavy atom. The molecule has 3 heterocycles. The summed E-state index contributed by atoms with van der Waals surface area (Å²) in [6.45, 7) is 5.89. The summed E-state index contributed by atoms with van der Waals surface area (Å²) in [4.78, 5) is 35.2.